The molecule has 0 fully saturated rings. The summed E-state index contributed by atoms with van der Waals surface area (Å²) in [6.45, 7) is 1.61. The Labute approximate surface area is 124 Å². The van der Waals surface area contributed by atoms with Crippen molar-refractivity contribution in [3.05, 3.63) is 48.3 Å². The first-order chi connectivity index (χ1) is 10.0. The van der Waals surface area contributed by atoms with Crippen molar-refractivity contribution in [1.29, 1.82) is 0 Å². The minimum atomic E-state index is -3.01. The molecule has 0 spiro atoms. The first-order valence-corrected chi connectivity index (χ1v) is 8.68. The molecular formula is C15H18N2O3S. The van der Waals surface area contributed by atoms with Crippen LogP contribution < -0.4 is 0 Å². The van der Waals surface area contributed by atoms with Gasteiger partial charge in [0.2, 0.25) is 0 Å². The molecule has 2 aromatic rings. The third kappa shape index (κ3) is 4.26. The van der Waals surface area contributed by atoms with Gasteiger partial charge in [-0.2, -0.15) is 5.10 Å². The molecule has 2 rings (SSSR count). The van der Waals surface area contributed by atoms with Crippen molar-refractivity contribution >= 4 is 15.6 Å². The van der Waals surface area contributed by atoms with Gasteiger partial charge in [-0.15, -0.1) is 0 Å². The third-order valence-electron chi connectivity index (χ3n) is 3.19. The topological polar surface area (TPSA) is 69.0 Å². The number of hydrogen-bond acceptors (Lipinski definition) is 4. The summed E-state index contributed by atoms with van der Waals surface area (Å²) < 4.78 is 24.4. The molecule has 0 aliphatic rings. The zero-order valence-corrected chi connectivity index (χ0v) is 12.7. The number of carbonyl (C=O) groups excluding carboxylic acids is 1. The molecule has 112 valence electrons. The van der Waals surface area contributed by atoms with Crippen LogP contribution in [0.2, 0.25) is 0 Å². The van der Waals surface area contributed by atoms with E-state index >= 15 is 0 Å². The molecular weight excluding hydrogens is 288 g/mol. The van der Waals surface area contributed by atoms with Gasteiger partial charge >= 0.3 is 0 Å². The Morgan fingerprint density at radius 3 is 2.57 bits per heavy atom. The maximum absolute atomic E-state index is 12.0. The SMILES string of the molecule is CCS(=O)(=O)CCCC(=O)c1ccn(-c2ccccc2)n1. The highest BCUT2D eigenvalue weighted by atomic mass is 32.2. The maximum atomic E-state index is 12.0. The summed E-state index contributed by atoms with van der Waals surface area (Å²) >= 11 is 0. The van der Waals surface area contributed by atoms with E-state index in [0.29, 0.717) is 12.1 Å². The standard InChI is InChI=1S/C15H18N2O3S/c1-2-21(19,20)12-6-9-15(18)14-10-11-17(16-14)13-7-4-3-5-8-13/h3-5,7-8,10-11H,2,6,9,12H2,1H3. The number of rotatable bonds is 7. The Bertz CT molecular complexity index is 706. The summed E-state index contributed by atoms with van der Waals surface area (Å²) in [5.41, 5.74) is 1.25. The van der Waals surface area contributed by atoms with Crippen LogP contribution in [-0.2, 0) is 9.84 Å². The number of hydrogen-bond donors (Lipinski definition) is 0. The van der Waals surface area contributed by atoms with Gasteiger partial charge in [-0.1, -0.05) is 25.1 Å². The lowest BCUT2D eigenvalue weighted by Gasteiger charge is -2.01. The van der Waals surface area contributed by atoms with E-state index < -0.39 is 9.84 Å². The molecule has 0 radical (unpaired) electrons. The third-order valence-corrected chi connectivity index (χ3v) is 4.98. The van der Waals surface area contributed by atoms with Crippen LogP contribution in [0.25, 0.3) is 5.69 Å². The molecule has 0 N–H and O–H groups in total. The molecule has 0 aliphatic heterocycles. The van der Waals surface area contributed by atoms with Gasteiger partial charge in [0.1, 0.15) is 15.5 Å². The van der Waals surface area contributed by atoms with Crippen LogP contribution in [0.3, 0.4) is 0 Å². The van der Waals surface area contributed by atoms with Gasteiger partial charge < -0.3 is 0 Å². The molecule has 1 aromatic carbocycles. The summed E-state index contributed by atoms with van der Waals surface area (Å²) in [6.07, 6.45) is 2.27. The van der Waals surface area contributed by atoms with E-state index in [2.05, 4.69) is 5.10 Å². The van der Waals surface area contributed by atoms with E-state index in [1.54, 1.807) is 23.9 Å². The monoisotopic (exact) mass is 306 g/mol. The van der Waals surface area contributed by atoms with Crippen molar-refractivity contribution in [3.8, 4) is 5.69 Å². The lowest BCUT2D eigenvalue weighted by molar-refractivity contribution is 0.0977. The van der Waals surface area contributed by atoms with Gasteiger partial charge in [0.05, 0.1) is 11.4 Å². The van der Waals surface area contributed by atoms with Crippen molar-refractivity contribution in [1.82, 2.24) is 9.78 Å². The summed E-state index contributed by atoms with van der Waals surface area (Å²) in [4.78, 5) is 12.0. The minimum Gasteiger partial charge on any atom is -0.292 e. The molecule has 21 heavy (non-hydrogen) atoms. The average molecular weight is 306 g/mol. The number of benzene rings is 1. The van der Waals surface area contributed by atoms with Crippen LogP contribution in [0.4, 0.5) is 0 Å². The fraction of sp³-hybridized carbons (Fsp3) is 0.333. The van der Waals surface area contributed by atoms with Crippen molar-refractivity contribution in [2.75, 3.05) is 11.5 Å². The number of nitrogens with zero attached hydrogens (tertiary/aromatic N) is 2. The number of Topliss-reactive ketones (excluding diaryl/α,β-unsaturated/α-hetero) is 1. The average Bonchev–Trinajstić information content (AvgIpc) is 2.98. The smallest absolute Gasteiger partial charge is 0.183 e. The zero-order chi connectivity index (χ0) is 15.3. The Kier molecular flexibility index (Phi) is 4.90. The van der Waals surface area contributed by atoms with Crippen LogP contribution in [0.5, 0.6) is 0 Å². The number of ketones is 1. The highest BCUT2D eigenvalue weighted by Crippen LogP contribution is 2.09. The number of carbonyl (C=O) groups is 1. The normalized spacial score (nSPS) is 11.5. The van der Waals surface area contributed by atoms with Gasteiger partial charge in [0.25, 0.3) is 0 Å². The fourth-order valence-electron chi connectivity index (χ4n) is 1.92. The second-order valence-electron chi connectivity index (χ2n) is 4.74. The lowest BCUT2D eigenvalue weighted by atomic mass is 10.2. The second kappa shape index (κ2) is 6.67. The molecule has 1 heterocycles. The van der Waals surface area contributed by atoms with E-state index in [4.69, 9.17) is 0 Å². The summed E-state index contributed by atoms with van der Waals surface area (Å²) in [5, 5.41) is 4.23. The first-order valence-electron chi connectivity index (χ1n) is 6.86. The zero-order valence-electron chi connectivity index (χ0n) is 11.9. The highest BCUT2D eigenvalue weighted by Gasteiger charge is 2.13. The molecule has 0 unspecified atom stereocenters. The Hall–Kier alpha value is -1.95. The van der Waals surface area contributed by atoms with Crippen LogP contribution in [0, 0.1) is 0 Å². The summed E-state index contributed by atoms with van der Waals surface area (Å²) in [6, 6.07) is 11.2. The number of para-hydroxylation sites is 1. The first kappa shape index (κ1) is 15.4. The van der Waals surface area contributed by atoms with Crippen molar-refractivity contribution < 1.29 is 13.2 Å². The molecule has 5 nitrogen and oxygen atoms in total. The van der Waals surface area contributed by atoms with Crippen molar-refractivity contribution in [2.45, 2.75) is 19.8 Å². The largest absolute Gasteiger partial charge is 0.292 e. The summed E-state index contributed by atoms with van der Waals surface area (Å²) in [5.74, 6) is 0.0364. The van der Waals surface area contributed by atoms with Crippen molar-refractivity contribution in [2.24, 2.45) is 0 Å². The predicted octanol–water partition coefficient (Wildman–Crippen LogP) is 2.27. The Balaban J connectivity index is 1.97. The van der Waals surface area contributed by atoms with Crippen LogP contribution >= 0.6 is 0 Å². The molecule has 0 amide bonds. The molecule has 0 saturated carbocycles. The molecule has 6 heteroatoms. The van der Waals surface area contributed by atoms with E-state index in [0.717, 1.165) is 5.69 Å². The van der Waals surface area contributed by atoms with E-state index in [1.165, 1.54) is 0 Å². The van der Waals surface area contributed by atoms with Gasteiger partial charge in [-0.05, 0) is 24.6 Å². The van der Waals surface area contributed by atoms with Crippen molar-refractivity contribution in [3.63, 3.8) is 0 Å². The van der Waals surface area contributed by atoms with E-state index in [9.17, 15) is 13.2 Å². The molecule has 0 saturated heterocycles. The Morgan fingerprint density at radius 1 is 1.19 bits per heavy atom. The van der Waals surface area contributed by atoms with Crippen LogP contribution in [-0.4, -0.2) is 35.5 Å². The van der Waals surface area contributed by atoms with E-state index in [1.807, 2.05) is 30.3 Å². The number of aromatic nitrogens is 2. The number of sulfone groups is 1. The summed E-state index contributed by atoms with van der Waals surface area (Å²) in [7, 11) is -3.01. The van der Waals surface area contributed by atoms with Crippen LogP contribution in [0.1, 0.15) is 30.3 Å². The minimum absolute atomic E-state index is 0.0502. The maximum Gasteiger partial charge on any atom is 0.183 e. The fourth-order valence-corrected chi connectivity index (χ4v) is 2.80. The molecule has 0 aliphatic carbocycles. The highest BCUT2D eigenvalue weighted by molar-refractivity contribution is 7.91. The quantitative estimate of drug-likeness (QED) is 0.736. The second-order valence-corrected chi connectivity index (χ2v) is 7.22. The Morgan fingerprint density at radius 2 is 1.90 bits per heavy atom. The van der Waals surface area contributed by atoms with Gasteiger partial charge in [-0.3, -0.25) is 4.79 Å². The van der Waals surface area contributed by atoms with Gasteiger partial charge in [0, 0.05) is 18.4 Å². The van der Waals surface area contributed by atoms with Gasteiger partial charge in [0.15, 0.2) is 5.78 Å². The molecule has 0 bridgehead atoms. The molecule has 1 aromatic heterocycles. The van der Waals surface area contributed by atoms with Crippen LogP contribution in [0.15, 0.2) is 42.6 Å². The molecule has 0 atom stereocenters. The van der Waals surface area contributed by atoms with E-state index in [-0.39, 0.29) is 23.7 Å². The van der Waals surface area contributed by atoms with Gasteiger partial charge in [-0.25, -0.2) is 13.1 Å². The lowest BCUT2D eigenvalue weighted by Crippen LogP contribution is -2.11. The predicted molar refractivity (Wildman–Crippen MR) is 81.5 cm³/mol.